The number of hydrogen-bond donors (Lipinski definition) is 0. The van der Waals surface area contributed by atoms with E-state index in [1.54, 1.807) is 33.3 Å². The van der Waals surface area contributed by atoms with E-state index in [2.05, 4.69) is 10.1 Å². The molecular weight excluding hydrogens is 431 g/mol. The molecule has 0 spiro atoms. The van der Waals surface area contributed by atoms with Gasteiger partial charge in [-0.05, 0) is 30.5 Å². The van der Waals surface area contributed by atoms with Gasteiger partial charge >= 0.3 is 5.97 Å². The van der Waals surface area contributed by atoms with Crippen molar-refractivity contribution in [1.29, 1.82) is 0 Å². The highest BCUT2D eigenvalue weighted by atomic mass is 32.1. The molecule has 1 fully saturated rings. The van der Waals surface area contributed by atoms with E-state index in [0.717, 1.165) is 43.2 Å². The molecule has 0 radical (unpaired) electrons. The van der Waals surface area contributed by atoms with Crippen molar-refractivity contribution in [2.45, 2.75) is 44.7 Å². The first-order valence-electron chi connectivity index (χ1n) is 10.6. The van der Waals surface area contributed by atoms with Gasteiger partial charge in [0.15, 0.2) is 12.3 Å². The average molecular weight is 457 g/mol. The van der Waals surface area contributed by atoms with Crippen molar-refractivity contribution in [1.82, 2.24) is 19.7 Å². The van der Waals surface area contributed by atoms with Crippen molar-refractivity contribution in [3.05, 3.63) is 59.1 Å². The predicted molar refractivity (Wildman–Crippen MR) is 118 cm³/mol. The van der Waals surface area contributed by atoms with E-state index in [1.807, 2.05) is 13.2 Å². The molecule has 32 heavy (non-hydrogen) atoms. The summed E-state index contributed by atoms with van der Waals surface area (Å²) in [5.41, 5.74) is 1.83. The minimum Gasteiger partial charge on any atom is -0.451 e. The van der Waals surface area contributed by atoms with Gasteiger partial charge in [-0.3, -0.25) is 9.48 Å². The number of carbonyl (C=O) groups is 2. The monoisotopic (exact) mass is 456 g/mol. The highest BCUT2D eigenvalue weighted by molar-refractivity contribution is 7.13. The fraction of sp³-hybridized carbons (Fsp3) is 0.391. The Morgan fingerprint density at radius 3 is 2.66 bits per heavy atom. The third-order valence-corrected chi connectivity index (χ3v) is 6.49. The molecule has 3 aromatic rings. The summed E-state index contributed by atoms with van der Waals surface area (Å²) >= 11 is 1.32. The van der Waals surface area contributed by atoms with Crippen LogP contribution in [-0.2, 0) is 23.1 Å². The van der Waals surface area contributed by atoms with Crippen molar-refractivity contribution in [2.24, 2.45) is 7.05 Å². The van der Waals surface area contributed by atoms with Crippen LogP contribution >= 0.6 is 11.3 Å². The van der Waals surface area contributed by atoms with Gasteiger partial charge in [0.05, 0.1) is 6.20 Å². The van der Waals surface area contributed by atoms with E-state index in [4.69, 9.17) is 4.74 Å². The second-order valence-electron chi connectivity index (χ2n) is 7.96. The van der Waals surface area contributed by atoms with Gasteiger partial charge in [0, 0.05) is 36.8 Å². The zero-order valence-corrected chi connectivity index (χ0v) is 18.7. The molecule has 2 aromatic heterocycles. The zero-order chi connectivity index (χ0) is 22.5. The van der Waals surface area contributed by atoms with Gasteiger partial charge in [0.2, 0.25) is 0 Å². The van der Waals surface area contributed by atoms with Crippen molar-refractivity contribution in [2.75, 3.05) is 6.61 Å². The zero-order valence-electron chi connectivity index (χ0n) is 17.9. The number of rotatable bonds is 7. The van der Waals surface area contributed by atoms with Gasteiger partial charge in [-0.2, -0.15) is 5.10 Å². The predicted octanol–water partition coefficient (Wildman–Crippen LogP) is 4.20. The minimum atomic E-state index is -0.630. The van der Waals surface area contributed by atoms with Gasteiger partial charge in [-0.15, -0.1) is 11.3 Å². The molecule has 0 N–H and O–H groups in total. The second-order valence-corrected chi connectivity index (χ2v) is 8.81. The Morgan fingerprint density at radius 1 is 1.22 bits per heavy atom. The summed E-state index contributed by atoms with van der Waals surface area (Å²) in [5.74, 6) is -1.19. The molecule has 1 aromatic carbocycles. The lowest BCUT2D eigenvalue weighted by molar-refractivity contribution is -0.138. The van der Waals surface area contributed by atoms with Crippen molar-refractivity contribution in [3.8, 4) is 10.6 Å². The highest BCUT2D eigenvalue weighted by Crippen LogP contribution is 2.25. The maximum atomic E-state index is 13.3. The first-order valence-corrected chi connectivity index (χ1v) is 11.5. The summed E-state index contributed by atoms with van der Waals surface area (Å²) in [6, 6.07) is 6.23. The number of hydrogen-bond acceptors (Lipinski definition) is 6. The van der Waals surface area contributed by atoms with Crippen LogP contribution in [0.4, 0.5) is 4.39 Å². The SMILES string of the molecule is Cn1cc(-c2nc(C(=O)OCC(=O)N(Cc3ccc(F)cc3)C3CCCCC3)cs2)cn1. The largest absolute Gasteiger partial charge is 0.451 e. The number of ether oxygens (including phenoxy) is 1. The highest BCUT2D eigenvalue weighted by Gasteiger charge is 2.27. The van der Waals surface area contributed by atoms with E-state index >= 15 is 0 Å². The number of benzene rings is 1. The van der Waals surface area contributed by atoms with Crippen LogP contribution in [0.5, 0.6) is 0 Å². The molecular formula is C23H25FN4O3S. The van der Waals surface area contributed by atoms with Gasteiger partial charge in [0.1, 0.15) is 10.8 Å². The number of amides is 1. The second kappa shape index (κ2) is 10.0. The molecule has 0 saturated heterocycles. The summed E-state index contributed by atoms with van der Waals surface area (Å²) in [6.45, 7) is 0.0134. The topological polar surface area (TPSA) is 77.3 Å². The fourth-order valence-corrected chi connectivity index (χ4v) is 4.68. The molecule has 1 aliphatic carbocycles. The maximum Gasteiger partial charge on any atom is 0.358 e. The molecule has 168 valence electrons. The van der Waals surface area contributed by atoms with Crippen LogP contribution in [0.2, 0.25) is 0 Å². The molecule has 0 bridgehead atoms. The molecule has 4 rings (SSSR count). The third-order valence-electron chi connectivity index (χ3n) is 5.59. The summed E-state index contributed by atoms with van der Waals surface area (Å²) < 4.78 is 20.2. The van der Waals surface area contributed by atoms with Crippen LogP contribution in [0.1, 0.15) is 48.2 Å². The van der Waals surface area contributed by atoms with Gasteiger partial charge < -0.3 is 9.64 Å². The number of esters is 1. The molecule has 9 heteroatoms. The Balaban J connectivity index is 1.40. The smallest absolute Gasteiger partial charge is 0.358 e. The van der Waals surface area contributed by atoms with Crippen LogP contribution in [0.25, 0.3) is 10.6 Å². The maximum absolute atomic E-state index is 13.3. The van der Waals surface area contributed by atoms with Crippen LogP contribution in [-0.4, -0.2) is 44.2 Å². The number of nitrogens with zero attached hydrogens (tertiary/aromatic N) is 4. The first kappa shape index (κ1) is 22.1. The molecule has 0 atom stereocenters. The lowest BCUT2D eigenvalue weighted by atomic mass is 9.93. The Labute approximate surface area is 189 Å². The summed E-state index contributed by atoms with van der Waals surface area (Å²) in [5, 5.41) is 6.39. The summed E-state index contributed by atoms with van der Waals surface area (Å²) in [6.07, 6.45) is 8.61. The molecule has 2 heterocycles. The number of aryl methyl sites for hydroxylation is 1. The van der Waals surface area contributed by atoms with Crippen molar-refractivity contribution >= 4 is 23.2 Å². The van der Waals surface area contributed by atoms with Gasteiger partial charge in [0.25, 0.3) is 5.91 Å². The molecule has 7 nitrogen and oxygen atoms in total. The quantitative estimate of drug-likeness (QED) is 0.498. The van der Waals surface area contributed by atoms with Crippen LogP contribution < -0.4 is 0 Å². The average Bonchev–Trinajstić information content (AvgIpc) is 3.47. The lowest BCUT2D eigenvalue weighted by Gasteiger charge is -2.34. The van der Waals surface area contributed by atoms with Gasteiger partial charge in [-0.1, -0.05) is 31.4 Å². The Hall–Kier alpha value is -3.07. The Kier molecular flexibility index (Phi) is 6.94. The van der Waals surface area contributed by atoms with Crippen LogP contribution in [0.15, 0.2) is 42.0 Å². The Morgan fingerprint density at radius 2 is 1.97 bits per heavy atom. The molecule has 0 unspecified atom stereocenters. The summed E-state index contributed by atoms with van der Waals surface area (Å²) in [7, 11) is 1.81. The van der Waals surface area contributed by atoms with Crippen molar-refractivity contribution in [3.63, 3.8) is 0 Å². The van der Waals surface area contributed by atoms with E-state index in [-0.39, 0.29) is 30.1 Å². The molecule has 1 aliphatic rings. The number of thiazole rings is 1. The van der Waals surface area contributed by atoms with E-state index in [9.17, 15) is 14.0 Å². The van der Waals surface area contributed by atoms with Crippen LogP contribution in [0, 0.1) is 5.82 Å². The molecule has 1 amide bonds. The lowest BCUT2D eigenvalue weighted by Crippen LogP contribution is -2.43. The Bertz CT molecular complexity index is 1070. The summed E-state index contributed by atoms with van der Waals surface area (Å²) in [4.78, 5) is 31.6. The number of aromatic nitrogens is 3. The minimum absolute atomic E-state index is 0.0939. The van der Waals surface area contributed by atoms with Gasteiger partial charge in [-0.25, -0.2) is 14.2 Å². The van der Waals surface area contributed by atoms with Crippen molar-refractivity contribution < 1.29 is 18.7 Å². The van der Waals surface area contributed by atoms with E-state index in [0.29, 0.717) is 11.6 Å². The standard InChI is InChI=1S/C23H25FN4O3S/c1-27-13-17(11-25-27)22-26-20(15-32-22)23(30)31-14-21(29)28(19-5-3-2-4-6-19)12-16-7-9-18(24)10-8-16/h7-11,13,15,19H,2-6,12,14H2,1H3. The number of carbonyl (C=O) groups excluding carboxylic acids is 2. The number of halogens is 1. The first-order chi connectivity index (χ1) is 15.5. The third kappa shape index (κ3) is 5.40. The molecule has 0 aliphatic heterocycles. The normalized spacial score (nSPS) is 14.3. The van der Waals surface area contributed by atoms with Crippen LogP contribution in [0.3, 0.4) is 0 Å². The van der Waals surface area contributed by atoms with E-state index in [1.165, 1.54) is 23.5 Å². The fourth-order valence-electron chi connectivity index (χ4n) is 3.92. The molecule has 1 saturated carbocycles. The van der Waals surface area contributed by atoms with E-state index < -0.39 is 5.97 Å².